The van der Waals surface area contributed by atoms with Crippen molar-refractivity contribution in [3.8, 4) is 11.3 Å². The molecule has 8 heteroatoms. The molecule has 0 aliphatic carbocycles. The number of pyridine rings is 1. The van der Waals surface area contributed by atoms with Crippen LogP contribution in [0.15, 0.2) is 59.7 Å². The minimum absolute atomic E-state index is 0.351. The van der Waals surface area contributed by atoms with Crippen LogP contribution in [-0.2, 0) is 4.79 Å². The number of hydrogen-bond acceptors (Lipinski definition) is 6. The highest BCUT2D eigenvalue weighted by Crippen LogP contribution is 2.28. The second kappa shape index (κ2) is 7.32. The minimum Gasteiger partial charge on any atom is -0.300 e. The van der Waals surface area contributed by atoms with Crippen LogP contribution in [-0.4, -0.2) is 25.7 Å². The number of anilines is 1. The van der Waals surface area contributed by atoms with Gasteiger partial charge in [0.2, 0.25) is 0 Å². The summed E-state index contributed by atoms with van der Waals surface area (Å²) in [5, 5.41) is 7.65. The fraction of sp³-hybridized carbons (Fsp3) is 0.150. The van der Waals surface area contributed by atoms with Crippen LogP contribution >= 0.6 is 11.3 Å². The Morgan fingerprint density at radius 3 is 2.79 bits per heavy atom. The van der Waals surface area contributed by atoms with E-state index < -0.39 is 6.04 Å². The van der Waals surface area contributed by atoms with Crippen molar-refractivity contribution in [2.45, 2.75) is 19.9 Å². The predicted octanol–water partition coefficient (Wildman–Crippen LogP) is 3.42. The molecule has 0 radical (unpaired) electrons. The Balaban J connectivity index is 1.61. The molecule has 7 nitrogen and oxygen atoms in total. The van der Waals surface area contributed by atoms with Crippen LogP contribution in [0.2, 0.25) is 0 Å². The maximum Gasteiger partial charge on any atom is 0.267 e. The van der Waals surface area contributed by atoms with Gasteiger partial charge in [-0.2, -0.15) is 5.10 Å². The van der Waals surface area contributed by atoms with Crippen molar-refractivity contribution in [2.24, 2.45) is 0 Å². The van der Waals surface area contributed by atoms with E-state index in [-0.39, 0.29) is 11.5 Å². The molecule has 0 fully saturated rings. The standard InChI is InChI=1S/C20H17N5O2S/c1-12-5-3-7-16-18(12)22-20(28-16)23-19(27)13(2)25-17(26)9-8-15(24-25)14-6-4-10-21-11-14/h3-11,13H,1-2H3,(H,22,23,27). The molecule has 4 aromatic rings. The van der Waals surface area contributed by atoms with E-state index in [9.17, 15) is 9.59 Å². The van der Waals surface area contributed by atoms with Crippen LogP contribution < -0.4 is 10.9 Å². The van der Waals surface area contributed by atoms with Crippen molar-refractivity contribution < 1.29 is 4.79 Å². The number of carbonyl (C=O) groups excluding carboxylic acids is 1. The Hall–Kier alpha value is -3.39. The number of hydrogen-bond donors (Lipinski definition) is 1. The highest BCUT2D eigenvalue weighted by Gasteiger charge is 2.20. The van der Waals surface area contributed by atoms with Crippen LogP contribution in [0.25, 0.3) is 21.5 Å². The van der Waals surface area contributed by atoms with E-state index in [4.69, 9.17) is 0 Å². The van der Waals surface area contributed by atoms with E-state index >= 15 is 0 Å². The molecule has 4 rings (SSSR count). The Kier molecular flexibility index (Phi) is 4.70. The Bertz CT molecular complexity index is 1220. The average molecular weight is 391 g/mol. The third-order valence-electron chi connectivity index (χ3n) is 4.38. The van der Waals surface area contributed by atoms with Crippen LogP contribution in [0.4, 0.5) is 5.13 Å². The molecule has 1 atom stereocenters. The summed E-state index contributed by atoms with van der Waals surface area (Å²) in [4.78, 5) is 33.5. The van der Waals surface area contributed by atoms with Crippen LogP contribution in [0, 0.1) is 6.92 Å². The number of aromatic nitrogens is 4. The summed E-state index contributed by atoms with van der Waals surface area (Å²) in [7, 11) is 0. The van der Waals surface area contributed by atoms with Gasteiger partial charge in [-0.3, -0.25) is 14.6 Å². The van der Waals surface area contributed by atoms with Gasteiger partial charge in [0.15, 0.2) is 5.13 Å². The molecule has 1 aromatic carbocycles. The molecule has 1 amide bonds. The molecule has 0 spiro atoms. The largest absolute Gasteiger partial charge is 0.300 e. The first kappa shape index (κ1) is 18.0. The molecule has 3 heterocycles. The number of carbonyl (C=O) groups is 1. The first-order chi connectivity index (χ1) is 13.5. The summed E-state index contributed by atoms with van der Waals surface area (Å²) in [5.41, 5.74) is 2.90. The van der Waals surface area contributed by atoms with Crippen molar-refractivity contribution in [2.75, 3.05) is 5.32 Å². The van der Waals surface area contributed by atoms with Gasteiger partial charge in [0.1, 0.15) is 6.04 Å². The first-order valence-corrected chi connectivity index (χ1v) is 9.52. The molecule has 3 aromatic heterocycles. The smallest absolute Gasteiger partial charge is 0.267 e. The SMILES string of the molecule is Cc1cccc2sc(NC(=O)C(C)n3nc(-c4cccnc4)ccc3=O)nc12. The van der Waals surface area contributed by atoms with Gasteiger partial charge >= 0.3 is 0 Å². The van der Waals surface area contributed by atoms with E-state index in [0.717, 1.165) is 21.3 Å². The summed E-state index contributed by atoms with van der Waals surface area (Å²) in [6.45, 7) is 3.61. The molecule has 140 valence electrons. The molecule has 0 aliphatic rings. The summed E-state index contributed by atoms with van der Waals surface area (Å²) in [6.07, 6.45) is 3.32. The van der Waals surface area contributed by atoms with Gasteiger partial charge in [-0.1, -0.05) is 23.5 Å². The van der Waals surface area contributed by atoms with E-state index in [1.807, 2.05) is 31.2 Å². The van der Waals surface area contributed by atoms with Gasteiger partial charge in [-0.15, -0.1) is 0 Å². The highest BCUT2D eigenvalue weighted by atomic mass is 32.1. The van der Waals surface area contributed by atoms with E-state index in [1.165, 1.54) is 22.1 Å². The Labute approximate surface area is 164 Å². The minimum atomic E-state index is -0.794. The average Bonchev–Trinajstić information content (AvgIpc) is 3.12. The van der Waals surface area contributed by atoms with E-state index in [2.05, 4.69) is 20.4 Å². The topological polar surface area (TPSA) is 89.8 Å². The number of benzene rings is 1. The van der Waals surface area contributed by atoms with Crippen molar-refractivity contribution in [1.29, 1.82) is 0 Å². The zero-order chi connectivity index (χ0) is 19.7. The van der Waals surface area contributed by atoms with Crippen LogP contribution in [0.5, 0.6) is 0 Å². The third-order valence-corrected chi connectivity index (χ3v) is 5.32. The van der Waals surface area contributed by atoms with Gasteiger partial charge in [-0.25, -0.2) is 9.67 Å². The van der Waals surface area contributed by atoms with Gasteiger partial charge < -0.3 is 5.32 Å². The van der Waals surface area contributed by atoms with E-state index in [1.54, 1.807) is 31.5 Å². The monoisotopic (exact) mass is 391 g/mol. The zero-order valence-corrected chi connectivity index (χ0v) is 16.1. The molecule has 0 saturated carbocycles. The fourth-order valence-corrected chi connectivity index (χ4v) is 3.78. The van der Waals surface area contributed by atoms with Crippen molar-refractivity contribution in [1.82, 2.24) is 19.7 Å². The van der Waals surface area contributed by atoms with Gasteiger partial charge in [0.05, 0.1) is 15.9 Å². The molecule has 0 saturated heterocycles. The molecule has 28 heavy (non-hydrogen) atoms. The Morgan fingerprint density at radius 1 is 1.18 bits per heavy atom. The Morgan fingerprint density at radius 2 is 2.04 bits per heavy atom. The summed E-state index contributed by atoms with van der Waals surface area (Å²) < 4.78 is 2.17. The summed E-state index contributed by atoms with van der Waals surface area (Å²) in [6, 6.07) is 11.8. The van der Waals surface area contributed by atoms with Crippen molar-refractivity contribution >= 4 is 32.6 Å². The molecule has 0 bridgehead atoms. The lowest BCUT2D eigenvalue weighted by Gasteiger charge is -2.13. The normalized spacial score (nSPS) is 12.1. The lowest BCUT2D eigenvalue weighted by Crippen LogP contribution is -2.33. The number of nitrogens with one attached hydrogen (secondary N) is 1. The molecular weight excluding hydrogens is 374 g/mol. The second-order valence-corrected chi connectivity index (χ2v) is 7.38. The molecule has 1 unspecified atom stereocenters. The van der Waals surface area contributed by atoms with Crippen molar-refractivity contribution in [3.63, 3.8) is 0 Å². The van der Waals surface area contributed by atoms with E-state index in [0.29, 0.717) is 10.8 Å². The number of fused-ring (bicyclic) bond motifs is 1. The lowest BCUT2D eigenvalue weighted by molar-refractivity contribution is -0.119. The number of thiazole rings is 1. The molecule has 0 aliphatic heterocycles. The third kappa shape index (κ3) is 3.41. The predicted molar refractivity (Wildman–Crippen MR) is 109 cm³/mol. The number of amides is 1. The summed E-state index contributed by atoms with van der Waals surface area (Å²) >= 11 is 1.40. The fourth-order valence-electron chi connectivity index (χ4n) is 2.83. The number of aryl methyl sites for hydroxylation is 1. The van der Waals surface area contributed by atoms with Gasteiger partial charge in [0.25, 0.3) is 11.5 Å². The maximum absolute atomic E-state index is 12.7. The highest BCUT2D eigenvalue weighted by molar-refractivity contribution is 7.22. The molecular formula is C20H17N5O2S. The quantitative estimate of drug-likeness (QED) is 0.576. The van der Waals surface area contributed by atoms with Crippen LogP contribution in [0.1, 0.15) is 18.5 Å². The zero-order valence-electron chi connectivity index (χ0n) is 15.3. The van der Waals surface area contributed by atoms with Gasteiger partial charge in [-0.05, 0) is 43.7 Å². The lowest BCUT2D eigenvalue weighted by atomic mass is 10.2. The number of rotatable bonds is 4. The first-order valence-electron chi connectivity index (χ1n) is 8.70. The summed E-state index contributed by atoms with van der Waals surface area (Å²) in [5.74, 6) is -0.352. The second-order valence-electron chi connectivity index (χ2n) is 6.35. The van der Waals surface area contributed by atoms with Crippen molar-refractivity contribution in [3.05, 3.63) is 70.8 Å². The number of para-hydroxylation sites is 1. The maximum atomic E-state index is 12.7. The van der Waals surface area contributed by atoms with Gasteiger partial charge in [0, 0.05) is 24.0 Å². The van der Waals surface area contributed by atoms with Crippen LogP contribution in [0.3, 0.4) is 0 Å². The molecule has 1 N–H and O–H groups in total. The number of nitrogens with zero attached hydrogens (tertiary/aromatic N) is 4.